The molecule has 1 aromatic rings. The van der Waals surface area contributed by atoms with Crippen LogP contribution in [0.15, 0.2) is 29.2 Å². The van der Waals surface area contributed by atoms with Gasteiger partial charge in [0.1, 0.15) is 0 Å². The number of sulfone groups is 1. The molecule has 0 aliphatic heterocycles. The van der Waals surface area contributed by atoms with Gasteiger partial charge in [-0.2, -0.15) is 0 Å². The van der Waals surface area contributed by atoms with Crippen LogP contribution in [-0.2, 0) is 9.84 Å². The van der Waals surface area contributed by atoms with E-state index in [4.69, 9.17) is 11.6 Å². The molecular weight excluding hydrogens is 258 g/mol. The Labute approximate surface area is 107 Å². The molecule has 3 nitrogen and oxygen atoms in total. The Balaban J connectivity index is 1.93. The summed E-state index contributed by atoms with van der Waals surface area (Å²) in [4.78, 5) is 0.340. The van der Waals surface area contributed by atoms with Crippen molar-refractivity contribution < 1.29 is 8.42 Å². The summed E-state index contributed by atoms with van der Waals surface area (Å²) in [7, 11) is -3.11. The van der Waals surface area contributed by atoms with E-state index < -0.39 is 9.84 Å². The van der Waals surface area contributed by atoms with Gasteiger partial charge in [0.2, 0.25) is 0 Å². The SMILES string of the molecule is CS(=O)(=O)c1ccc(NCC(Cl)C2CC2)cc1. The number of hydrogen-bond acceptors (Lipinski definition) is 3. The lowest BCUT2D eigenvalue weighted by atomic mass is 10.2. The van der Waals surface area contributed by atoms with Crippen molar-refractivity contribution in [3.63, 3.8) is 0 Å². The Bertz CT molecular complexity index is 480. The molecule has 1 N–H and O–H groups in total. The quantitative estimate of drug-likeness (QED) is 0.839. The van der Waals surface area contributed by atoms with Crippen LogP contribution < -0.4 is 5.32 Å². The Morgan fingerprint density at radius 2 is 1.94 bits per heavy atom. The summed E-state index contributed by atoms with van der Waals surface area (Å²) >= 11 is 6.17. The molecule has 5 heteroatoms. The van der Waals surface area contributed by atoms with Gasteiger partial charge in [-0.05, 0) is 43.0 Å². The smallest absolute Gasteiger partial charge is 0.175 e. The highest BCUT2D eigenvalue weighted by Gasteiger charge is 2.29. The highest BCUT2D eigenvalue weighted by molar-refractivity contribution is 7.90. The zero-order valence-electron chi connectivity index (χ0n) is 9.69. The molecule has 1 aliphatic carbocycles. The number of rotatable bonds is 5. The van der Waals surface area contributed by atoms with Gasteiger partial charge in [-0.25, -0.2) is 8.42 Å². The summed E-state index contributed by atoms with van der Waals surface area (Å²) < 4.78 is 22.5. The molecule has 1 saturated carbocycles. The molecule has 1 aliphatic rings. The fourth-order valence-electron chi connectivity index (χ4n) is 1.66. The van der Waals surface area contributed by atoms with Crippen molar-refractivity contribution in [3.05, 3.63) is 24.3 Å². The molecule has 0 radical (unpaired) electrons. The second-order valence-corrected chi connectivity index (χ2v) is 7.11. The number of anilines is 1. The number of benzene rings is 1. The number of nitrogens with one attached hydrogen (secondary N) is 1. The van der Waals surface area contributed by atoms with Crippen molar-refractivity contribution in [2.75, 3.05) is 18.1 Å². The summed E-state index contributed by atoms with van der Waals surface area (Å²) in [5.41, 5.74) is 0.906. The first kappa shape index (κ1) is 12.7. The van der Waals surface area contributed by atoms with Gasteiger partial charge in [-0.1, -0.05) is 0 Å². The maximum atomic E-state index is 11.3. The van der Waals surface area contributed by atoms with Crippen molar-refractivity contribution in [1.29, 1.82) is 0 Å². The van der Waals surface area contributed by atoms with Crippen LogP contribution >= 0.6 is 11.6 Å². The van der Waals surface area contributed by atoms with E-state index in [0.717, 1.165) is 12.2 Å². The minimum Gasteiger partial charge on any atom is -0.384 e. The van der Waals surface area contributed by atoms with E-state index in [1.807, 2.05) is 0 Å². The molecule has 2 rings (SSSR count). The predicted octanol–water partition coefficient (Wildman–Crippen LogP) is 2.52. The second-order valence-electron chi connectivity index (χ2n) is 4.53. The van der Waals surface area contributed by atoms with Crippen molar-refractivity contribution >= 4 is 27.1 Å². The first-order valence-electron chi connectivity index (χ1n) is 5.65. The van der Waals surface area contributed by atoms with Gasteiger partial charge in [-0.15, -0.1) is 11.6 Å². The molecule has 1 aromatic carbocycles. The fourth-order valence-corrected chi connectivity index (χ4v) is 2.62. The topological polar surface area (TPSA) is 46.2 Å². The van der Waals surface area contributed by atoms with E-state index in [2.05, 4.69) is 5.32 Å². The fraction of sp³-hybridized carbons (Fsp3) is 0.500. The second kappa shape index (κ2) is 4.86. The van der Waals surface area contributed by atoms with E-state index in [-0.39, 0.29) is 5.38 Å². The molecular formula is C12H16ClNO2S. The molecule has 17 heavy (non-hydrogen) atoms. The normalized spacial score (nSPS) is 17.8. The number of halogens is 1. The Morgan fingerprint density at radius 1 is 1.35 bits per heavy atom. The van der Waals surface area contributed by atoms with Gasteiger partial charge in [0.15, 0.2) is 9.84 Å². The van der Waals surface area contributed by atoms with Crippen molar-refractivity contribution in [2.45, 2.75) is 23.1 Å². The molecule has 0 aromatic heterocycles. The lowest BCUT2D eigenvalue weighted by Crippen LogP contribution is -2.15. The molecule has 0 amide bonds. The van der Waals surface area contributed by atoms with Gasteiger partial charge in [0, 0.05) is 18.5 Å². The zero-order chi connectivity index (χ0) is 12.5. The standard InChI is InChI=1S/C12H16ClNO2S/c1-17(15,16)11-6-4-10(5-7-11)14-8-12(13)9-2-3-9/h4-7,9,12,14H,2-3,8H2,1H3. The van der Waals surface area contributed by atoms with Gasteiger partial charge >= 0.3 is 0 Å². The first-order valence-corrected chi connectivity index (χ1v) is 7.97. The Hall–Kier alpha value is -0.740. The monoisotopic (exact) mass is 273 g/mol. The van der Waals surface area contributed by atoms with Crippen LogP contribution in [0.4, 0.5) is 5.69 Å². The van der Waals surface area contributed by atoms with Crippen LogP contribution in [0.25, 0.3) is 0 Å². The highest BCUT2D eigenvalue weighted by Crippen LogP contribution is 2.35. The van der Waals surface area contributed by atoms with Crippen LogP contribution in [0, 0.1) is 5.92 Å². The predicted molar refractivity (Wildman–Crippen MR) is 70.4 cm³/mol. The van der Waals surface area contributed by atoms with Gasteiger partial charge in [0.25, 0.3) is 0 Å². The van der Waals surface area contributed by atoms with E-state index >= 15 is 0 Å². The summed E-state index contributed by atoms with van der Waals surface area (Å²) in [6.07, 6.45) is 3.66. The minimum atomic E-state index is -3.11. The van der Waals surface area contributed by atoms with E-state index in [0.29, 0.717) is 10.8 Å². The number of alkyl halides is 1. The highest BCUT2D eigenvalue weighted by atomic mass is 35.5. The third-order valence-corrected chi connectivity index (χ3v) is 4.56. The summed E-state index contributed by atoms with van der Waals surface area (Å²) in [5.74, 6) is 0.652. The average molecular weight is 274 g/mol. The maximum Gasteiger partial charge on any atom is 0.175 e. The van der Waals surface area contributed by atoms with Crippen LogP contribution in [0.1, 0.15) is 12.8 Å². The lowest BCUT2D eigenvalue weighted by molar-refractivity contribution is 0.602. The molecule has 0 heterocycles. The summed E-state index contributed by atoms with van der Waals surface area (Å²) in [6, 6.07) is 6.76. The third kappa shape index (κ3) is 3.61. The first-order chi connectivity index (χ1) is 7.97. The summed E-state index contributed by atoms with van der Waals surface area (Å²) in [5, 5.41) is 3.39. The van der Waals surface area contributed by atoms with Crippen molar-refractivity contribution in [3.8, 4) is 0 Å². The molecule has 0 bridgehead atoms. The molecule has 94 valence electrons. The zero-order valence-corrected chi connectivity index (χ0v) is 11.3. The maximum absolute atomic E-state index is 11.3. The van der Waals surface area contributed by atoms with Gasteiger partial charge in [0.05, 0.1) is 10.3 Å². The van der Waals surface area contributed by atoms with Crippen LogP contribution in [-0.4, -0.2) is 26.6 Å². The van der Waals surface area contributed by atoms with E-state index in [9.17, 15) is 8.42 Å². The summed E-state index contributed by atoms with van der Waals surface area (Å²) in [6.45, 7) is 0.727. The van der Waals surface area contributed by atoms with Crippen LogP contribution in [0.2, 0.25) is 0 Å². The van der Waals surface area contributed by atoms with Crippen molar-refractivity contribution in [1.82, 2.24) is 0 Å². The molecule has 1 atom stereocenters. The minimum absolute atomic E-state index is 0.171. The van der Waals surface area contributed by atoms with Crippen LogP contribution in [0.5, 0.6) is 0 Å². The number of hydrogen-bond donors (Lipinski definition) is 1. The molecule has 1 fully saturated rings. The molecule has 0 spiro atoms. The molecule has 1 unspecified atom stereocenters. The van der Waals surface area contributed by atoms with Gasteiger partial charge in [-0.3, -0.25) is 0 Å². The van der Waals surface area contributed by atoms with E-state index in [1.165, 1.54) is 19.1 Å². The van der Waals surface area contributed by atoms with Crippen molar-refractivity contribution in [2.24, 2.45) is 5.92 Å². The van der Waals surface area contributed by atoms with Gasteiger partial charge < -0.3 is 5.32 Å². The average Bonchev–Trinajstić information content (AvgIpc) is 3.09. The third-order valence-electron chi connectivity index (χ3n) is 2.92. The Kier molecular flexibility index (Phi) is 3.64. The largest absolute Gasteiger partial charge is 0.384 e. The van der Waals surface area contributed by atoms with Crippen LogP contribution in [0.3, 0.4) is 0 Å². The lowest BCUT2D eigenvalue weighted by Gasteiger charge is -2.11. The van der Waals surface area contributed by atoms with E-state index in [1.54, 1.807) is 24.3 Å². The molecule has 0 saturated heterocycles. The Morgan fingerprint density at radius 3 is 2.41 bits per heavy atom.